The van der Waals surface area contributed by atoms with Crippen LogP contribution < -0.4 is 9.62 Å². The van der Waals surface area contributed by atoms with Gasteiger partial charge in [0.2, 0.25) is 11.8 Å². The lowest BCUT2D eigenvalue weighted by molar-refractivity contribution is -0.139. The molecule has 37 heavy (non-hydrogen) atoms. The van der Waals surface area contributed by atoms with Crippen LogP contribution in [0, 0.1) is 0 Å². The predicted octanol–water partition coefficient (Wildman–Crippen LogP) is 4.63. The van der Waals surface area contributed by atoms with Crippen molar-refractivity contribution in [2.45, 2.75) is 44.2 Å². The first kappa shape index (κ1) is 28.4. The molecule has 1 atom stereocenters. The van der Waals surface area contributed by atoms with E-state index < -0.39 is 28.5 Å². The molecule has 0 unspecified atom stereocenters. The van der Waals surface area contributed by atoms with Crippen molar-refractivity contribution in [3.63, 3.8) is 0 Å². The van der Waals surface area contributed by atoms with E-state index in [0.29, 0.717) is 16.6 Å². The van der Waals surface area contributed by atoms with Crippen molar-refractivity contribution >= 4 is 43.5 Å². The second-order valence-corrected chi connectivity index (χ2v) is 11.7. The van der Waals surface area contributed by atoms with Gasteiger partial charge in [-0.2, -0.15) is 0 Å². The van der Waals surface area contributed by atoms with E-state index in [4.69, 9.17) is 0 Å². The quantitative estimate of drug-likeness (QED) is 0.355. The highest BCUT2D eigenvalue weighted by Gasteiger charge is 2.32. The second-order valence-electron chi connectivity index (χ2n) is 8.97. The van der Waals surface area contributed by atoms with Crippen molar-refractivity contribution in [2.24, 2.45) is 0 Å². The summed E-state index contributed by atoms with van der Waals surface area (Å²) in [4.78, 5) is 28.2. The molecule has 0 saturated carbocycles. The Balaban J connectivity index is 1.96. The van der Waals surface area contributed by atoms with E-state index >= 15 is 0 Å². The van der Waals surface area contributed by atoms with Crippen LogP contribution in [0.1, 0.15) is 26.3 Å². The maximum atomic E-state index is 13.8. The van der Waals surface area contributed by atoms with Crippen molar-refractivity contribution in [1.29, 1.82) is 0 Å². The summed E-state index contributed by atoms with van der Waals surface area (Å²) in [6.45, 7) is 5.16. The highest BCUT2D eigenvalue weighted by Crippen LogP contribution is 2.26. The van der Waals surface area contributed by atoms with Gasteiger partial charge in [0.25, 0.3) is 10.0 Å². The molecule has 7 nitrogen and oxygen atoms in total. The van der Waals surface area contributed by atoms with E-state index in [-0.39, 0.29) is 23.4 Å². The molecule has 0 aromatic heterocycles. The zero-order chi connectivity index (χ0) is 27.0. The van der Waals surface area contributed by atoms with Crippen LogP contribution in [0.2, 0.25) is 0 Å². The van der Waals surface area contributed by atoms with Crippen molar-refractivity contribution in [3.05, 3.63) is 95.0 Å². The summed E-state index contributed by atoms with van der Waals surface area (Å²) in [5, 5.41) is 2.85. The summed E-state index contributed by atoms with van der Waals surface area (Å²) in [7, 11) is -4.07. The Kier molecular flexibility index (Phi) is 9.88. The fourth-order valence-corrected chi connectivity index (χ4v) is 5.67. The molecule has 3 aromatic rings. The molecule has 0 aliphatic rings. The number of hydrogen-bond donors (Lipinski definition) is 1. The van der Waals surface area contributed by atoms with E-state index in [9.17, 15) is 18.0 Å². The van der Waals surface area contributed by atoms with Gasteiger partial charge in [-0.1, -0.05) is 70.5 Å². The maximum Gasteiger partial charge on any atom is 0.264 e. The van der Waals surface area contributed by atoms with Gasteiger partial charge in [-0.15, -0.1) is 0 Å². The number of halogens is 1. The molecule has 9 heteroatoms. The zero-order valence-electron chi connectivity index (χ0n) is 21.2. The molecular weight excluding hydrogens is 554 g/mol. The number of anilines is 1. The van der Waals surface area contributed by atoms with Crippen LogP contribution in [-0.2, 0) is 26.0 Å². The molecular formula is C28H32BrN3O4S. The van der Waals surface area contributed by atoms with Gasteiger partial charge in [0.05, 0.1) is 10.6 Å². The van der Waals surface area contributed by atoms with Gasteiger partial charge < -0.3 is 10.2 Å². The van der Waals surface area contributed by atoms with E-state index in [1.165, 1.54) is 17.0 Å². The Morgan fingerprint density at radius 1 is 0.892 bits per heavy atom. The lowest BCUT2D eigenvalue weighted by Crippen LogP contribution is -2.53. The number of carbonyl (C=O) groups excluding carboxylic acids is 2. The van der Waals surface area contributed by atoms with E-state index in [2.05, 4.69) is 21.2 Å². The van der Waals surface area contributed by atoms with Crippen LogP contribution in [0.3, 0.4) is 0 Å². The van der Waals surface area contributed by atoms with Gasteiger partial charge in [0.1, 0.15) is 12.6 Å². The van der Waals surface area contributed by atoms with Gasteiger partial charge in [-0.05, 0) is 63.1 Å². The highest BCUT2D eigenvalue weighted by molar-refractivity contribution is 9.10. The SMILES string of the molecule is CC(C)NC(=O)[C@@H](C)N(CCc1ccccc1)C(=O)CN(c1cccc(Br)c1)S(=O)(=O)c1ccccc1. The monoisotopic (exact) mass is 585 g/mol. The van der Waals surface area contributed by atoms with Crippen molar-refractivity contribution in [1.82, 2.24) is 10.2 Å². The van der Waals surface area contributed by atoms with Crippen molar-refractivity contribution in [3.8, 4) is 0 Å². The second kappa shape index (κ2) is 12.9. The van der Waals surface area contributed by atoms with Gasteiger partial charge in [0, 0.05) is 17.1 Å². The van der Waals surface area contributed by atoms with Crippen LogP contribution in [0.25, 0.3) is 0 Å². The molecule has 3 rings (SSSR count). The first-order valence-corrected chi connectivity index (χ1v) is 14.3. The van der Waals surface area contributed by atoms with E-state index in [0.717, 1.165) is 9.87 Å². The Morgan fingerprint density at radius 2 is 1.51 bits per heavy atom. The number of hydrogen-bond acceptors (Lipinski definition) is 4. The normalized spacial score (nSPS) is 12.1. The lowest BCUT2D eigenvalue weighted by Gasteiger charge is -2.32. The molecule has 0 aliphatic heterocycles. The number of sulfonamides is 1. The van der Waals surface area contributed by atoms with Gasteiger partial charge >= 0.3 is 0 Å². The molecule has 196 valence electrons. The molecule has 0 bridgehead atoms. The first-order valence-electron chi connectivity index (χ1n) is 12.1. The molecule has 0 radical (unpaired) electrons. The van der Waals surface area contributed by atoms with Gasteiger partial charge in [0.15, 0.2) is 0 Å². The maximum absolute atomic E-state index is 13.8. The number of rotatable bonds is 11. The molecule has 3 aromatic carbocycles. The summed E-state index contributed by atoms with van der Waals surface area (Å²) in [6, 6.07) is 23.5. The first-order chi connectivity index (χ1) is 17.6. The molecule has 0 fully saturated rings. The van der Waals surface area contributed by atoms with Crippen LogP contribution in [-0.4, -0.2) is 50.3 Å². The minimum absolute atomic E-state index is 0.0733. The van der Waals surface area contributed by atoms with Crippen LogP contribution >= 0.6 is 15.9 Å². The average molecular weight is 587 g/mol. The molecule has 2 amide bonds. The minimum atomic E-state index is -4.07. The standard InChI is InChI=1S/C28H32BrN3O4S/c1-21(2)30-28(34)22(3)31(18-17-23-11-6-4-7-12-23)27(33)20-32(25-14-10-13-24(29)19-25)37(35,36)26-15-8-5-9-16-26/h4-16,19,21-22H,17-18,20H2,1-3H3,(H,30,34)/t22-/m1/s1. The Morgan fingerprint density at radius 3 is 2.11 bits per heavy atom. The van der Waals surface area contributed by atoms with E-state index in [1.807, 2.05) is 44.2 Å². The third-order valence-electron chi connectivity index (χ3n) is 5.79. The van der Waals surface area contributed by atoms with Crippen LogP contribution in [0.15, 0.2) is 94.3 Å². The van der Waals surface area contributed by atoms with E-state index in [1.54, 1.807) is 49.4 Å². The number of amides is 2. The molecule has 0 saturated heterocycles. The van der Waals surface area contributed by atoms with Crippen LogP contribution in [0.4, 0.5) is 5.69 Å². The van der Waals surface area contributed by atoms with Crippen molar-refractivity contribution < 1.29 is 18.0 Å². The lowest BCUT2D eigenvalue weighted by atomic mass is 10.1. The molecule has 1 N–H and O–H groups in total. The zero-order valence-corrected chi connectivity index (χ0v) is 23.6. The molecule has 0 spiro atoms. The smallest absolute Gasteiger partial charge is 0.264 e. The van der Waals surface area contributed by atoms with Gasteiger partial charge in [-0.3, -0.25) is 13.9 Å². The summed E-state index contributed by atoms with van der Waals surface area (Å²) < 4.78 is 29.2. The molecule has 0 heterocycles. The fourth-order valence-electron chi connectivity index (χ4n) is 3.85. The third-order valence-corrected chi connectivity index (χ3v) is 8.07. The largest absolute Gasteiger partial charge is 0.352 e. The summed E-state index contributed by atoms with van der Waals surface area (Å²) in [5.74, 6) is -0.766. The minimum Gasteiger partial charge on any atom is -0.352 e. The van der Waals surface area contributed by atoms with Crippen molar-refractivity contribution in [2.75, 3.05) is 17.4 Å². The Hall–Kier alpha value is -3.17. The number of benzene rings is 3. The Labute approximate surface area is 227 Å². The number of carbonyl (C=O) groups is 2. The topological polar surface area (TPSA) is 86.8 Å². The summed E-state index contributed by atoms with van der Waals surface area (Å²) >= 11 is 3.39. The third kappa shape index (κ3) is 7.66. The predicted molar refractivity (Wildman–Crippen MR) is 150 cm³/mol. The fraction of sp³-hybridized carbons (Fsp3) is 0.286. The highest BCUT2D eigenvalue weighted by atomic mass is 79.9. The summed E-state index contributed by atoms with van der Waals surface area (Å²) in [5.41, 5.74) is 1.35. The number of nitrogens with one attached hydrogen (secondary N) is 1. The van der Waals surface area contributed by atoms with Gasteiger partial charge in [-0.25, -0.2) is 8.42 Å². The average Bonchev–Trinajstić information content (AvgIpc) is 2.88. The number of nitrogens with zero attached hydrogens (tertiary/aromatic N) is 2. The molecule has 0 aliphatic carbocycles. The van der Waals surface area contributed by atoms with Crippen LogP contribution in [0.5, 0.6) is 0 Å². The Bertz CT molecular complexity index is 1300. The summed E-state index contributed by atoms with van der Waals surface area (Å²) in [6.07, 6.45) is 0.522.